The average Bonchev–Trinajstić information content (AvgIpc) is 3.00. The highest BCUT2D eigenvalue weighted by Crippen LogP contribution is 2.27. The average molecular weight is 395 g/mol. The molecule has 0 spiro atoms. The van der Waals surface area contributed by atoms with Crippen molar-refractivity contribution in [1.29, 1.82) is 0 Å². The van der Waals surface area contributed by atoms with E-state index in [9.17, 15) is 9.18 Å². The van der Waals surface area contributed by atoms with E-state index in [0.717, 1.165) is 52.1 Å². The number of primary amides is 1. The summed E-state index contributed by atoms with van der Waals surface area (Å²) in [5.41, 5.74) is 9.48. The fraction of sp³-hybridized carbons (Fsp3) is 0.333. The summed E-state index contributed by atoms with van der Waals surface area (Å²) in [4.78, 5) is 11.2. The van der Waals surface area contributed by atoms with Gasteiger partial charge in [0.05, 0.1) is 18.7 Å². The van der Waals surface area contributed by atoms with E-state index in [0.29, 0.717) is 11.1 Å². The third-order valence-corrected chi connectivity index (χ3v) is 5.29. The summed E-state index contributed by atoms with van der Waals surface area (Å²) in [6.45, 7) is 4.65. The van der Waals surface area contributed by atoms with Crippen LogP contribution < -0.4 is 16.3 Å². The monoisotopic (exact) mass is 394 g/mol. The summed E-state index contributed by atoms with van der Waals surface area (Å²) >= 11 is 0. The van der Waals surface area contributed by atoms with Crippen LogP contribution in [0.2, 0.25) is 0 Å². The lowest BCUT2D eigenvalue weighted by Crippen LogP contribution is -2.34. The third-order valence-electron chi connectivity index (χ3n) is 5.29. The molecule has 3 rings (SSSR count). The van der Waals surface area contributed by atoms with E-state index >= 15 is 0 Å². The molecule has 5 heteroatoms. The van der Waals surface area contributed by atoms with Gasteiger partial charge in [0.15, 0.2) is 0 Å². The highest BCUT2D eigenvalue weighted by Gasteiger charge is 2.24. The Morgan fingerprint density at radius 2 is 2.03 bits per heavy atom. The summed E-state index contributed by atoms with van der Waals surface area (Å²) in [6.07, 6.45) is 7.80. The SMILES string of the molecule is CCCCC=C(c1ccc2c(c1)=C[N+](C)(CCC(N)=O)N=2)c1ccc(F)cc1C. The second-order valence-electron chi connectivity index (χ2n) is 7.88. The number of nitrogens with zero attached hydrogens (tertiary/aromatic N) is 2. The maximum absolute atomic E-state index is 13.6. The molecule has 1 heterocycles. The van der Waals surface area contributed by atoms with Gasteiger partial charge in [-0.25, -0.2) is 4.39 Å². The lowest BCUT2D eigenvalue weighted by Gasteiger charge is -2.19. The number of nitrogens with two attached hydrogens (primary N) is 1. The number of hydrogen-bond donors (Lipinski definition) is 1. The number of carbonyl (C=O) groups excluding carboxylic acids is 1. The third kappa shape index (κ3) is 4.98. The highest BCUT2D eigenvalue weighted by atomic mass is 19.1. The van der Waals surface area contributed by atoms with Crippen molar-refractivity contribution in [2.24, 2.45) is 10.8 Å². The van der Waals surface area contributed by atoms with Crippen molar-refractivity contribution < 1.29 is 13.8 Å². The number of benzene rings is 2. The Morgan fingerprint density at radius 1 is 1.24 bits per heavy atom. The van der Waals surface area contributed by atoms with Crippen LogP contribution in [0.1, 0.15) is 49.3 Å². The highest BCUT2D eigenvalue weighted by molar-refractivity contribution is 5.81. The lowest BCUT2D eigenvalue weighted by molar-refractivity contribution is -0.838. The number of hydrogen-bond acceptors (Lipinski definition) is 2. The van der Waals surface area contributed by atoms with Crippen molar-refractivity contribution in [3.8, 4) is 0 Å². The summed E-state index contributed by atoms with van der Waals surface area (Å²) in [6, 6.07) is 11.2. The van der Waals surface area contributed by atoms with Crippen LogP contribution in [-0.4, -0.2) is 24.1 Å². The van der Waals surface area contributed by atoms with Crippen molar-refractivity contribution in [3.05, 3.63) is 75.6 Å². The summed E-state index contributed by atoms with van der Waals surface area (Å²) in [7, 11) is 1.96. The first-order chi connectivity index (χ1) is 13.8. The van der Waals surface area contributed by atoms with Gasteiger partial charge in [0.2, 0.25) is 5.91 Å². The zero-order valence-corrected chi connectivity index (χ0v) is 17.4. The number of allylic oxidation sites excluding steroid dienone is 1. The van der Waals surface area contributed by atoms with E-state index < -0.39 is 0 Å². The van der Waals surface area contributed by atoms with Gasteiger partial charge in [0.1, 0.15) is 23.9 Å². The van der Waals surface area contributed by atoms with Crippen LogP contribution in [-0.2, 0) is 4.79 Å². The molecule has 152 valence electrons. The van der Waals surface area contributed by atoms with E-state index in [4.69, 9.17) is 10.8 Å². The maximum Gasteiger partial charge on any atom is 0.223 e. The van der Waals surface area contributed by atoms with Crippen LogP contribution in [0.5, 0.6) is 0 Å². The summed E-state index contributed by atoms with van der Waals surface area (Å²) in [5.74, 6) is -0.541. The van der Waals surface area contributed by atoms with Crippen molar-refractivity contribution in [2.45, 2.75) is 39.5 Å². The van der Waals surface area contributed by atoms with Crippen LogP contribution in [0.15, 0.2) is 47.6 Å². The molecule has 0 saturated heterocycles. The number of halogens is 1. The van der Waals surface area contributed by atoms with Crippen LogP contribution in [0.25, 0.3) is 11.8 Å². The van der Waals surface area contributed by atoms with E-state index in [-0.39, 0.29) is 18.1 Å². The zero-order valence-electron chi connectivity index (χ0n) is 17.4. The normalized spacial score (nSPS) is 18.1. The lowest BCUT2D eigenvalue weighted by atomic mass is 9.92. The molecule has 0 aliphatic carbocycles. The Labute approximate surface area is 171 Å². The number of unbranched alkanes of at least 4 members (excludes halogenated alkanes) is 2. The predicted molar refractivity (Wildman–Crippen MR) is 114 cm³/mol. The smallest absolute Gasteiger partial charge is 0.223 e. The van der Waals surface area contributed by atoms with Crippen LogP contribution in [0.4, 0.5) is 4.39 Å². The van der Waals surface area contributed by atoms with Crippen LogP contribution in [0, 0.1) is 12.7 Å². The molecular formula is C24H29FN3O+. The molecule has 1 atom stereocenters. The first kappa shape index (κ1) is 20.9. The summed E-state index contributed by atoms with van der Waals surface area (Å²) < 4.78 is 14.0. The van der Waals surface area contributed by atoms with Gasteiger partial charge in [0, 0.05) is 0 Å². The second-order valence-corrected chi connectivity index (χ2v) is 7.88. The van der Waals surface area contributed by atoms with Gasteiger partial charge >= 0.3 is 0 Å². The van der Waals surface area contributed by atoms with Crippen molar-refractivity contribution >= 4 is 17.7 Å². The zero-order chi connectivity index (χ0) is 21.0. The fourth-order valence-electron chi connectivity index (χ4n) is 3.71. The van der Waals surface area contributed by atoms with E-state index in [1.165, 1.54) is 6.07 Å². The molecule has 1 unspecified atom stereocenters. The quantitative estimate of drug-likeness (QED) is 0.542. The van der Waals surface area contributed by atoms with Gasteiger partial charge < -0.3 is 5.73 Å². The topological polar surface area (TPSA) is 55.5 Å². The van der Waals surface area contributed by atoms with Crippen LogP contribution in [0.3, 0.4) is 0 Å². The molecule has 0 fully saturated rings. The molecule has 0 bridgehead atoms. The molecule has 1 aliphatic rings. The predicted octanol–water partition coefficient (Wildman–Crippen LogP) is 3.36. The minimum atomic E-state index is -0.322. The van der Waals surface area contributed by atoms with E-state index in [2.05, 4.69) is 31.3 Å². The Bertz CT molecular complexity index is 1070. The molecular weight excluding hydrogens is 365 g/mol. The molecule has 2 aromatic rings. The van der Waals surface area contributed by atoms with E-state index in [1.807, 2.05) is 26.1 Å². The van der Waals surface area contributed by atoms with Crippen molar-refractivity contribution in [1.82, 2.24) is 0 Å². The second kappa shape index (κ2) is 8.70. The standard InChI is InChI=1S/C24H28FN3O/c1-4-5-6-7-22(21-10-9-20(25)14-17(21)2)18-8-11-23-19(15-18)16-28(3,27-23)13-12-24(26)29/h7-11,14-16H,4-6,12-13H2,1-3H3,(H-,26,29)/p+1. The maximum atomic E-state index is 13.6. The molecule has 2 N–H and O–H groups in total. The molecule has 4 nitrogen and oxygen atoms in total. The Morgan fingerprint density at radius 3 is 2.72 bits per heavy atom. The molecule has 1 aliphatic heterocycles. The van der Waals surface area contributed by atoms with Crippen molar-refractivity contribution in [3.63, 3.8) is 0 Å². The van der Waals surface area contributed by atoms with Gasteiger partial charge in [0.25, 0.3) is 0 Å². The number of aryl methyl sites for hydroxylation is 1. The number of amides is 1. The molecule has 1 amide bonds. The minimum Gasteiger partial charge on any atom is -0.369 e. The number of fused-ring (bicyclic) bond motifs is 1. The van der Waals surface area contributed by atoms with Crippen LogP contribution >= 0.6 is 0 Å². The fourth-order valence-corrected chi connectivity index (χ4v) is 3.71. The number of quaternary nitrogens is 1. The first-order valence-electron chi connectivity index (χ1n) is 10.1. The molecule has 0 radical (unpaired) electrons. The summed E-state index contributed by atoms with van der Waals surface area (Å²) in [5, 5.41) is 6.68. The Balaban J connectivity index is 2.03. The Hall–Kier alpha value is -2.79. The van der Waals surface area contributed by atoms with Gasteiger partial charge in [-0.1, -0.05) is 43.1 Å². The molecule has 29 heavy (non-hydrogen) atoms. The molecule has 0 aromatic heterocycles. The van der Waals surface area contributed by atoms with Gasteiger partial charge in [-0.3, -0.25) is 4.79 Å². The Kier molecular flexibility index (Phi) is 6.28. The first-order valence-corrected chi connectivity index (χ1v) is 10.1. The van der Waals surface area contributed by atoms with Crippen molar-refractivity contribution in [2.75, 3.05) is 13.6 Å². The van der Waals surface area contributed by atoms with Gasteiger partial charge in [-0.15, -0.1) is 0 Å². The minimum absolute atomic E-state index is 0.220. The van der Waals surface area contributed by atoms with Gasteiger partial charge in [-0.2, -0.15) is 4.59 Å². The number of carbonyl (C=O) groups is 1. The van der Waals surface area contributed by atoms with E-state index in [1.54, 1.807) is 6.07 Å². The largest absolute Gasteiger partial charge is 0.369 e. The number of rotatable bonds is 8. The van der Waals surface area contributed by atoms with Gasteiger partial charge in [-0.05, 0) is 59.9 Å². The molecule has 0 saturated carbocycles. The molecule has 2 aromatic carbocycles.